The van der Waals surface area contributed by atoms with Gasteiger partial charge < -0.3 is 4.90 Å². The van der Waals surface area contributed by atoms with Crippen LogP contribution in [0.15, 0.2) is 126 Å². The van der Waals surface area contributed by atoms with Gasteiger partial charge in [0, 0.05) is 23.4 Å². The Kier molecular flexibility index (Phi) is 6.48. The number of aromatic nitrogens is 1. The lowest BCUT2D eigenvalue weighted by Crippen LogP contribution is -2.21. The van der Waals surface area contributed by atoms with Gasteiger partial charge in [-0.2, -0.15) is 0 Å². The predicted molar refractivity (Wildman–Crippen MR) is 179 cm³/mol. The Morgan fingerprint density at radius 1 is 0.762 bits per heavy atom. The molecule has 0 spiro atoms. The molecule has 0 fully saturated rings. The summed E-state index contributed by atoms with van der Waals surface area (Å²) in [5, 5.41) is 2.49. The van der Waals surface area contributed by atoms with Crippen molar-refractivity contribution in [3.8, 4) is 22.4 Å². The summed E-state index contributed by atoms with van der Waals surface area (Å²) in [6.07, 6.45) is 2.22. The number of rotatable bonds is 5. The number of para-hydroxylation sites is 2. The maximum Gasteiger partial charge on any atom is 0.0859 e. The summed E-state index contributed by atoms with van der Waals surface area (Å²) in [6, 6.07) is 42.9. The van der Waals surface area contributed by atoms with Crippen LogP contribution in [0.2, 0.25) is 0 Å². The highest BCUT2D eigenvalue weighted by Crippen LogP contribution is 2.47. The van der Waals surface area contributed by atoms with E-state index in [-0.39, 0.29) is 0 Å². The molecule has 7 rings (SSSR count). The Hall–Kier alpha value is -5.28. The van der Waals surface area contributed by atoms with Gasteiger partial charge >= 0.3 is 0 Å². The first kappa shape index (κ1) is 25.7. The Morgan fingerprint density at radius 3 is 2.36 bits per heavy atom. The van der Waals surface area contributed by atoms with Crippen LogP contribution in [0, 0.1) is 6.92 Å². The Bertz CT molecular complexity index is 2020. The van der Waals surface area contributed by atoms with E-state index in [1.54, 1.807) is 0 Å². The normalized spacial score (nSPS) is 12.6. The van der Waals surface area contributed by atoms with Crippen LogP contribution in [-0.2, 0) is 6.54 Å². The number of aliphatic imine (C=N–C) groups is 1. The summed E-state index contributed by atoms with van der Waals surface area (Å²) in [5.74, 6) is 0. The molecule has 0 radical (unpaired) electrons. The molecular formula is C39H31N3. The number of hydrogen-bond acceptors (Lipinski definition) is 3. The van der Waals surface area contributed by atoms with Gasteiger partial charge in [-0.3, -0.25) is 4.99 Å². The van der Waals surface area contributed by atoms with Crippen molar-refractivity contribution in [1.29, 1.82) is 0 Å². The third-order valence-electron chi connectivity index (χ3n) is 8.23. The van der Waals surface area contributed by atoms with Crippen molar-refractivity contribution in [2.45, 2.75) is 20.4 Å². The quantitative estimate of drug-likeness (QED) is 0.203. The third kappa shape index (κ3) is 4.59. The standard InChI is InChI=1S/C39H31N3/c1-26-11-4-5-12-28(26)21-27(2)35-16-10-17-36(41-35)31-19-20-38-34(24-31)33-23-30-14-7-6-13-29(30)22-32(33)25-42(38)39-18-9-8-15-37(39)40-3/h4-24H,3,25H2,1-2H3/b27-21+. The topological polar surface area (TPSA) is 28.5 Å². The van der Waals surface area contributed by atoms with Crippen LogP contribution >= 0.6 is 0 Å². The zero-order valence-electron chi connectivity index (χ0n) is 23.9. The maximum absolute atomic E-state index is 5.12. The van der Waals surface area contributed by atoms with Gasteiger partial charge in [-0.05, 0) is 114 Å². The molecule has 202 valence electrons. The highest BCUT2D eigenvalue weighted by molar-refractivity contribution is 5.97. The third-order valence-corrected chi connectivity index (χ3v) is 8.23. The number of hydrogen-bond donors (Lipinski definition) is 0. The number of aryl methyl sites for hydroxylation is 1. The number of benzene rings is 5. The fourth-order valence-electron chi connectivity index (χ4n) is 5.98. The fourth-order valence-corrected chi connectivity index (χ4v) is 5.98. The molecule has 0 saturated heterocycles. The summed E-state index contributed by atoms with van der Waals surface area (Å²) in [5.41, 5.74) is 13.5. The summed E-state index contributed by atoms with van der Waals surface area (Å²) in [4.78, 5) is 11.8. The van der Waals surface area contributed by atoms with E-state index in [4.69, 9.17) is 4.98 Å². The average Bonchev–Trinajstić information content (AvgIpc) is 3.04. The molecule has 0 bridgehead atoms. The molecule has 0 amide bonds. The summed E-state index contributed by atoms with van der Waals surface area (Å²) in [6.45, 7) is 8.88. The van der Waals surface area contributed by atoms with E-state index >= 15 is 0 Å². The molecule has 3 heteroatoms. The van der Waals surface area contributed by atoms with Crippen molar-refractivity contribution in [2.24, 2.45) is 4.99 Å². The van der Waals surface area contributed by atoms with Crippen LogP contribution < -0.4 is 4.90 Å². The number of anilines is 2. The number of allylic oxidation sites excluding steroid dienone is 1. The van der Waals surface area contributed by atoms with Crippen molar-refractivity contribution < 1.29 is 0 Å². The van der Waals surface area contributed by atoms with Crippen molar-refractivity contribution in [2.75, 3.05) is 4.90 Å². The molecule has 6 aromatic rings. The first-order valence-electron chi connectivity index (χ1n) is 14.3. The molecule has 0 aliphatic carbocycles. The van der Waals surface area contributed by atoms with Crippen molar-refractivity contribution in [1.82, 2.24) is 4.98 Å². The van der Waals surface area contributed by atoms with E-state index in [1.807, 2.05) is 12.1 Å². The molecule has 0 saturated carbocycles. The second kappa shape index (κ2) is 10.6. The molecule has 1 aliphatic rings. The van der Waals surface area contributed by atoms with Gasteiger partial charge in [0.05, 0.1) is 22.8 Å². The Morgan fingerprint density at radius 2 is 1.52 bits per heavy atom. The van der Waals surface area contributed by atoms with Crippen LogP contribution in [0.4, 0.5) is 17.1 Å². The van der Waals surface area contributed by atoms with Gasteiger partial charge in [0.15, 0.2) is 0 Å². The molecule has 2 heterocycles. The lowest BCUT2D eigenvalue weighted by molar-refractivity contribution is 0.963. The molecule has 3 nitrogen and oxygen atoms in total. The zero-order valence-corrected chi connectivity index (χ0v) is 23.9. The second-order valence-electron chi connectivity index (χ2n) is 10.9. The second-order valence-corrected chi connectivity index (χ2v) is 10.9. The van der Waals surface area contributed by atoms with Gasteiger partial charge in [-0.1, -0.05) is 72.8 Å². The summed E-state index contributed by atoms with van der Waals surface area (Å²) >= 11 is 0. The fraction of sp³-hybridized carbons (Fsp3) is 0.0769. The first-order chi connectivity index (χ1) is 20.6. The highest BCUT2D eigenvalue weighted by Gasteiger charge is 2.26. The molecule has 0 atom stereocenters. The summed E-state index contributed by atoms with van der Waals surface area (Å²) in [7, 11) is 0. The minimum absolute atomic E-state index is 0.760. The molecular weight excluding hydrogens is 510 g/mol. The Balaban J connectivity index is 1.37. The van der Waals surface area contributed by atoms with E-state index in [9.17, 15) is 0 Å². The van der Waals surface area contributed by atoms with Crippen LogP contribution in [0.1, 0.15) is 29.3 Å². The maximum atomic E-state index is 5.12. The minimum atomic E-state index is 0.760. The monoisotopic (exact) mass is 541 g/mol. The molecule has 0 unspecified atom stereocenters. The predicted octanol–water partition coefficient (Wildman–Crippen LogP) is 10.4. The minimum Gasteiger partial charge on any atom is -0.335 e. The van der Waals surface area contributed by atoms with Crippen molar-refractivity contribution in [3.63, 3.8) is 0 Å². The van der Waals surface area contributed by atoms with E-state index in [0.717, 1.165) is 46.1 Å². The van der Waals surface area contributed by atoms with Crippen LogP contribution in [-0.4, -0.2) is 11.7 Å². The smallest absolute Gasteiger partial charge is 0.0859 e. The molecule has 42 heavy (non-hydrogen) atoms. The van der Waals surface area contributed by atoms with Gasteiger partial charge in [0.2, 0.25) is 0 Å². The van der Waals surface area contributed by atoms with E-state index in [1.165, 1.54) is 38.6 Å². The largest absolute Gasteiger partial charge is 0.335 e. The average molecular weight is 542 g/mol. The number of nitrogens with zero attached hydrogens (tertiary/aromatic N) is 3. The van der Waals surface area contributed by atoms with Gasteiger partial charge in [-0.15, -0.1) is 0 Å². The van der Waals surface area contributed by atoms with E-state index in [2.05, 4.69) is 146 Å². The Labute approximate surface area is 247 Å². The van der Waals surface area contributed by atoms with E-state index in [0.29, 0.717) is 0 Å². The van der Waals surface area contributed by atoms with Gasteiger partial charge in [0.25, 0.3) is 0 Å². The van der Waals surface area contributed by atoms with E-state index < -0.39 is 0 Å². The SMILES string of the molecule is C=Nc1ccccc1N1Cc2cc3ccccc3cc2-c2cc(-c3cccc(/C(C)=C/c4ccccc4C)n3)ccc21. The molecule has 1 aromatic heterocycles. The van der Waals surface area contributed by atoms with Gasteiger partial charge in [0.1, 0.15) is 0 Å². The summed E-state index contributed by atoms with van der Waals surface area (Å²) < 4.78 is 0. The molecule has 5 aromatic carbocycles. The van der Waals surface area contributed by atoms with Crippen LogP contribution in [0.25, 0.3) is 44.8 Å². The van der Waals surface area contributed by atoms with Crippen molar-refractivity contribution in [3.05, 3.63) is 144 Å². The van der Waals surface area contributed by atoms with Gasteiger partial charge in [-0.25, -0.2) is 4.98 Å². The molecule has 1 aliphatic heterocycles. The highest BCUT2D eigenvalue weighted by atomic mass is 15.2. The van der Waals surface area contributed by atoms with Crippen molar-refractivity contribution >= 4 is 46.2 Å². The van der Waals surface area contributed by atoms with Crippen LogP contribution in [0.5, 0.6) is 0 Å². The number of fused-ring (bicyclic) bond motifs is 4. The lowest BCUT2D eigenvalue weighted by Gasteiger charge is -2.34. The molecule has 0 N–H and O–H groups in total. The first-order valence-corrected chi connectivity index (χ1v) is 14.3. The van der Waals surface area contributed by atoms with Crippen LogP contribution in [0.3, 0.4) is 0 Å². The zero-order chi connectivity index (χ0) is 28.6. The lowest BCUT2D eigenvalue weighted by atomic mass is 9.89. The number of pyridine rings is 1.